The summed E-state index contributed by atoms with van der Waals surface area (Å²) in [7, 11) is -3.36. The molecule has 0 aliphatic carbocycles. The first kappa shape index (κ1) is 12.7. The second-order valence-electron chi connectivity index (χ2n) is 3.55. The van der Waals surface area contributed by atoms with Gasteiger partial charge in [-0.1, -0.05) is 12.1 Å². The van der Waals surface area contributed by atoms with Gasteiger partial charge in [0, 0.05) is 6.26 Å². The summed E-state index contributed by atoms with van der Waals surface area (Å²) in [4.78, 5) is 11.4. The van der Waals surface area contributed by atoms with Crippen LogP contribution in [0, 0.1) is 0 Å². The summed E-state index contributed by atoms with van der Waals surface area (Å²) in [5, 5.41) is 2.47. The third kappa shape index (κ3) is 3.04. The third-order valence-corrected chi connectivity index (χ3v) is 3.11. The van der Waals surface area contributed by atoms with Gasteiger partial charge in [-0.05, 0) is 19.1 Å². The highest BCUT2D eigenvalue weighted by atomic mass is 32.2. The zero-order valence-electron chi connectivity index (χ0n) is 9.10. The molecule has 1 rings (SSSR count). The van der Waals surface area contributed by atoms with E-state index in [1.165, 1.54) is 19.1 Å². The van der Waals surface area contributed by atoms with Crippen molar-refractivity contribution in [2.24, 2.45) is 5.73 Å². The molecular formula is C10H14N2O3S. The van der Waals surface area contributed by atoms with E-state index in [0.29, 0.717) is 0 Å². The fraction of sp³-hybridized carbons (Fsp3) is 0.300. The first-order valence-electron chi connectivity index (χ1n) is 4.68. The summed E-state index contributed by atoms with van der Waals surface area (Å²) in [6.45, 7) is 1.53. The van der Waals surface area contributed by atoms with Crippen LogP contribution in [0.5, 0.6) is 0 Å². The normalized spacial score (nSPS) is 13.2. The first-order valence-corrected chi connectivity index (χ1v) is 6.57. The summed E-state index contributed by atoms with van der Waals surface area (Å²) in [6.07, 6.45) is 1.09. The molecule has 0 aromatic heterocycles. The molecule has 3 N–H and O–H groups in total. The average molecular weight is 242 g/mol. The van der Waals surface area contributed by atoms with Crippen LogP contribution in [0.3, 0.4) is 0 Å². The number of rotatable bonds is 3. The molecule has 1 atom stereocenters. The van der Waals surface area contributed by atoms with Gasteiger partial charge < -0.3 is 11.1 Å². The number of para-hydroxylation sites is 1. The molecule has 0 radical (unpaired) electrons. The topological polar surface area (TPSA) is 89.3 Å². The van der Waals surface area contributed by atoms with Gasteiger partial charge in [0.1, 0.15) is 0 Å². The molecule has 16 heavy (non-hydrogen) atoms. The fourth-order valence-electron chi connectivity index (χ4n) is 1.14. The van der Waals surface area contributed by atoms with E-state index in [2.05, 4.69) is 5.32 Å². The second kappa shape index (κ2) is 4.63. The average Bonchev–Trinajstić information content (AvgIpc) is 2.16. The molecule has 0 saturated carbocycles. The predicted molar refractivity (Wildman–Crippen MR) is 61.8 cm³/mol. The molecule has 0 saturated heterocycles. The number of benzene rings is 1. The van der Waals surface area contributed by atoms with Crippen LogP contribution >= 0.6 is 0 Å². The lowest BCUT2D eigenvalue weighted by atomic mass is 10.3. The van der Waals surface area contributed by atoms with E-state index >= 15 is 0 Å². The maximum absolute atomic E-state index is 11.4. The van der Waals surface area contributed by atoms with Gasteiger partial charge in [0.2, 0.25) is 5.91 Å². The van der Waals surface area contributed by atoms with E-state index in [1.807, 2.05) is 0 Å². The van der Waals surface area contributed by atoms with Crippen LogP contribution in [0.15, 0.2) is 29.2 Å². The number of hydrogen-bond acceptors (Lipinski definition) is 4. The molecule has 6 heteroatoms. The molecule has 0 bridgehead atoms. The Hall–Kier alpha value is -1.40. The lowest BCUT2D eigenvalue weighted by Gasteiger charge is -2.11. The number of hydrogen-bond donors (Lipinski definition) is 2. The molecular weight excluding hydrogens is 228 g/mol. The van der Waals surface area contributed by atoms with Crippen molar-refractivity contribution in [3.63, 3.8) is 0 Å². The van der Waals surface area contributed by atoms with Crippen LogP contribution in [-0.2, 0) is 14.6 Å². The molecule has 0 aliphatic rings. The number of nitrogens with two attached hydrogens (primary N) is 1. The molecule has 1 amide bonds. The van der Waals surface area contributed by atoms with Gasteiger partial charge in [-0.3, -0.25) is 4.79 Å². The zero-order chi connectivity index (χ0) is 12.3. The number of nitrogens with one attached hydrogen (secondary N) is 1. The molecule has 0 unspecified atom stereocenters. The molecule has 1 aromatic carbocycles. The maximum atomic E-state index is 11.4. The van der Waals surface area contributed by atoms with Gasteiger partial charge in [-0.25, -0.2) is 8.42 Å². The molecule has 0 heterocycles. The van der Waals surface area contributed by atoms with Crippen LogP contribution in [0.25, 0.3) is 0 Å². The van der Waals surface area contributed by atoms with Crippen LogP contribution in [0.1, 0.15) is 6.92 Å². The van der Waals surface area contributed by atoms with E-state index in [1.54, 1.807) is 12.1 Å². The van der Waals surface area contributed by atoms with Crippen molar-refractivity contribution in [1.29, 1.82) is 0 Å². The lowest BCUT2D eigenvalue weighted by molar-refractivity contribution is -0.117. The third-order valence-electron chi connectivity index (χ3n) is 1.96. The minimum Gasteiger partial charge on any atom is -0.324 e. The van der Waals surface area contributed by atoms with Crippen LogP contribution in [0.4, 0.5) is 5.69 Å². The van der Waals surface area contributed by atoms with Crippen molar-refractivity contribution in [3.05, 3.63) is 24.3 Å². The number of carbonyl (C=O) groups excluding carboxylic acids is 1. The Balaban J connectivity index is 3.11. The minimum absolute atomic E-state index is 0.0870. The van der Waals surface area contributed by atoms with Crippen molar-refractivity contribution < 1.29 is 13.2 Å². The van der Waals surface area contributed by atoms with Crippen molar-refractivity contribution >= 4 is 21.4 Å². The number of anilines is 1. The Kier molecular flexibility index (Phi) is 3.66. The molecule has 88 valence electrons. The Bertz CT molecular complexity index is 495. The first-order chi connectivity index (χ1) is 7.32. The number of sulfone groups is 1. The van der Waals surface area contributed by atoms with Crippen molar-refractivity contribution in [2.45, 2.75) is 17.9 Å². The van der Waals surface area contributed by atoms with Gasteiger partial charge >= 0.3 is 0 Å². The minimum atomic E-state index is -3.36. The molecule has 5 nitrogen and oxygen atoms in total. The summed E-state index contributed by atoms with van der Waals surface area (Å²) in [5.41, 5.74) is 5.64. The van der Waals surface area contributed by atoms with Gasteiger partial charge in [0.25, 0.3) is 0 Å². The summed E-state index contributed by atoms with van der Waals surface area (Å²) in [5.74, 6) is -0.420. The van der Waals surface area contributed by atoms with E-state index in [4.69, 9.17) is 5.73 Å². The van der Waals surface area contributed by atoms with Crippen LogP contribution < -0.4 is 11.1 Å². The number of amides is 1. The maximum Gasteiger partial charge on any atom is 0.241 e. The quantitative estimate of drug-likeness (QED) is 0.801. The molecule has 1 aromatic rings. The van der Waals surface area contributed by atoms with Gasteiger partial charge in [0.15, 0.2) is 9.84 Å². The van der Waals surface area contributed by atoms with Crippen LogP contribution in [0.2, 0.25) is 0 Å². The van der Waals surface area contributed by atoms with Gasteiger partial charge in [-0.15, -0.1) is 0 Å². The lowest BCUT2D eigenvalue weighted by Crippen LogP contribution is -2.32. The van der Waals surface area contributed by atoms with E-state index in [9.17, 15) is 13.2 Å². The Morgan fingerprint density at radius 1 is 1.38 bits per heavy atom. The molecule has 0 aliphatic heterocycles. The predicted octanol–water partition coefficient (Wildman–Crippen LogP) is 0.376. The van der Waals surface area contributed by atoms with E-state index < -0.39 is 21.8 Å². The Morgan fingerprint density at radius 2 is 1.94 bits per heavy atom. The van der Waals surface area contributed by atoms with Crippen molar-refractivity contribution in [2.75, 3.05) is 11.6 Å². The monoisotopic (exact) mass is 242 g/mol. The SMILES string of the molecule is C[C@H](N)C(=O)Nc1ccccc1S(C)(=O)=O. The fourth-order valence-corrected chi connectivity index (χ4v) is 1.98. The number of carbonyl (C=O) groups is 1. The summed E-state index contributed by atoms with van der Waals surface area (Å²) >= 11 is 0. The highest BCUT2D eigenvalue weighted by Crippen LogP contribution is 2.20. The standard InChI is InChI=1S/C10H14N2O3S/c1-7(11)10(13)12-8-5-3-4-6-9(8)16(2,14)15/h3-7H,11H2,1-2H3,(H,12,13)/t7-/m0/s1. The molecule has 0 fully saturated rings. The highest BCUT2D eigenvalue weighted by molar-refractivity contribution is 7.90. The summed E-state index contributed by atoms with van der Waals surface area (Å²) in [6, 6.07) is 5.51. The summed E-state index contributed by atoms with van der Waals surface area (Å²) < 4.78 is 22.8. The second-order valence-corrected chi connectivity index (χ2v) is 5.53. The van der Waals surface area contributed by atoms with E-state index in [-0.39, 0.29) is 10.6 Å². The van der Waals surface area contributed by atoms with Crippen molar-refractivity contribution in [3.8, 4) is 0 Å². The zero-order valence-corrected chi connectivity index (χ0v) is 9.91. The smallest absolute Gasteiger partial charge is 0.241 e. The van der Waals surface area contributed by atoms with Gasteiger partial charge in [-0.2, -0.15) is 0 Å². The Morgan fingerprint density at radius 3 is 2.44 bits per heavy atom. The largest absolute Gasteiger partial charge is 0.324 e. The van der Waals surface area contributed by atoms with Gasteiger partial charge in [0.05, 0.1) is 16.6 Å². The highest BCUT2D eigenvalue weighted by Gasteiger charge is 2.15. The molecule has 0 spiro atoms. The Labute approximate surface area is 94.6 Å². The van der Waals surface area contributed by atoms with Crippen molar-refractivity contribution in [1.82, 2.24) is 0 Å². The van der Waals surface area contributed by atoms with Crippen LogP contribution in [-0.4, -0.2) is 26.6 Å². The van der Waals surface area contributed by atoms with E-state index in [0.717, 1.165) is 6.26 Å².